The molecule has 1 atom stereocenters. The fourth-order valence-corrected chi connectivity index (χ4v) is 3.30. The summed E-state index contributed by atoms with van der Waals surface area (Å²) in [5.74, 6) is -0.358. The molecule has 28 heavy (non-hydrogen) atoms. The summed E-state index contributed by atoms with van der Waals surface area (Å²) in [4.78, 5) is 23.7. The molecule has 0 saturated carbocycles. The van der Waals surface area contributed by atoms with Gasteiger partial charge in [0.05, 0.1) is 6.10 Å². The van der Waals surface area contributed by atoms with Gasteiger partial charge in [0.15, 0.2) is 0 Å². The average molecular weight is 379 g/mol. The first-order valence-corrected chi connectivity index (χ1v) is 9.57. The molecule has 3 aromatic rings. The summed E-state index contributed by atoms with van der Waals surface area (Å²) >= 11 is 0. The Bertz CT molecular complexity index is 917. The Morgan fingerprint density at radius 3 is 2.61 bits per heavy atom. The van der Waals surface area contributed by atoms with Gasteiger partial charge in [-0.2, -0.15) is 0 Å². The number of aromatic nitrogens is 1. The molecule has 5 nitrogen and oxygen atoms in total. The molecule has 0 radical (unpaired) electrons. The third-order valence-corrected chi connectivity index (χ3v) is 4.67. The first-order chi connectivity index (χ1) is 13.7. The van der Waals surface area contributed by atoms with Crippen LogP contribution in [0.4, 0.5) is 0 Å². The van der Waals surface area contributed by atoms with Crippen molar-refractivity contribution in [3.8, 4) is 0 Å². The number of rotatable bonds is 10. The number of fused-ring (bicyclic) bond motifs is 1. The lowest BCUT2D eigenvalue weighted by molar-refractivity contribution is -0.110. The van der Waals surface area contributed by atoms with E-state index in [1.807, 2.05) is 72.2 Å². The lowest BCUT2D eigenvalue weighted by atomic mass is 10.2. The zero-order valence-electron chi connectivity index (χ0n) is 16.0. The van der Waals surface area contributed by atoms with Crippen molar-refractivity contribution < 1.29 is 19.1 Å². The van der Waals surface area contributed by atoms with E-state index in [1.54, 1.807) is 0 Å². The number of aldehydes is 1. The number of ether oxygens (including phenoxy) is 2. The molecule has 0 fully saturated rings. The van der Waals surface area contributed by atoms with Crippen LogP contribution in [0.3, 0.4) is 0 Å². The molecule has 0 N–H and O–H groups in total. The number of carbonyl (C=O) groups excluding carboxylic acids is 2. The number of nitrogens with zero attached hydrogens (tertiary/aromatic N) is 1. The molecule has 0 aliphatic rings. The molecule has 1 aromatic heterocycles. The summed E-state index contributed by atoms with van der Waals surface area (Å²) in [6, 6.07) is 19.3. The Hall–Kier alpha value is -2.92. The van der Waals surface area contributed by atoms with E-state index in [0.29, 0.717) is 31.7 Å². The minimum Gasteiger partial charge on any atom is -0.456 e. The maximum atomic E-state index is 12.8. The van der Waals surface area contributed by atoms with Crippen LogP contribution < -0.4 is 0 Å². The molecule has 0 aliphatic carbocycles. The first-order valence-electron chi connectivity index (χ1n) is 9.57. The number of hydrogen-bond acceptors (Lipinski definition) is 4. The monoisotopic (exact) mass is 379 g/mol. The number of esters is 1. The topological polar surface area (TPSA) is 57.5 Å². The molecule has 2 aromatic carbocycles. The first kappa shape index (κ1) is 19.8. The third-order valence-electron chi connectivity index (χ3n) is 4.67. The highest BCUT2D eigenvalue weighted by Gasteiger charge is 2.18. The van der Waals surface area contributed by atoms with Crippen molar-refractivity contribution in [2.75, 3.05) is 6.61 Å². The zero-order chi connectivity index (χ0) is 19.8. The smallest absolute Gasteiger partial charge is 0.355 e. The molecule has 0 aliphatic heterocycles. The Balaban J connectivity index is 1.79. The van der Waals surface area contributed by atoms with Crippen LogP contribution >= 0.6 is 0 Å². The summed E-state index contributed by atoms with van der Waals surface area (Å²) in [6.45, 7) is 3.27. The highest BCUT2D eigenvalue weighted by atomic mass is 16.5. The Morgan fingerprint density at radius 2 is 1.86 bits per heavy atom. The van der Waals surface area contributed by atoms with Crippen LogP contribution in [0.5, 0.6) is 0 Å². The molecule has 0 amide bonds. The van der Waals surface area contributed by atoms with Crippen LogP contribution in [0.25, 0.3) is 10.9 Å². The van der Waals surface area contributed by atoms with Crippen molar-refractivity contribution in [2.45, 2.75) is 39.0 Å². The highest BCUT2D eigenvalue weighted by molar-refractivity contribution is 5.95. The number of carbonyl (C=O) groups is 2. The van der Waals surface area contributed by atoms with Crippen molar-refractivity contribution in [3.63, 3.8) is 0 Å². The van der Waals surface area contributed by atoms with E-state index in [4.69, 9.17) is 9.47 Å². The standard InChI is InChI=1S/C23H25NO4/c1-2-27-20(13-15-25)12-14-24-21-11-7-6-10-19(21)16-22(24)23(26)28-17-18-8-4-3-5-9-18/h3-11,15-16,20H,2,12-14,17H2,1H3. The maximum Gasteiger partial charge on any atom is 0.355 e. The fourth-order valence-electron chi connectivity index (χ4n) is 3.30. The molecule has 0 saturated heterocycles. The van der Waals surface area contributed by atoms with Gasteiger partial charge in [0.2, 0.25) is 0 Å². The molecule has 0 bridgehead atoms. The van der Waals surface area contributed by atoms with E-state index >= 15 is 0 Å². The maximum absolute atomic E-state index is 12.8. The quantitative estimate of drug-likeness (QED) is 0.387. The van der Waals surface area contributed by atoms with Crippen LogP contribution in [0.1, 0.15) is 35.8 Å². The van der Waals surface area contributed by atoms with Crippen LogP contribution in [0.2, 0.25) is 0 Å². The summed E-state index contributed by atoms with van der Waals surface area (Å²) in [5.41, 5.74) is 2.43. The molecule has 1 unspecified atom stereocenters. The summed E-state index contributed by atoms with van der Waals surface area (Å²) in [7, 11) is 0. The summed E-state index contributed by atoms with van der Waals surface area (Å²) < 4.78 is 13.1. The molecule has 5 heteroatoms. The van der Waals surface area contributed by atoms with Crippen molar-refractivity contribution >= 4 is 23.2 Å². The summed E-state index contributed by atoms with van der Waals surface area (Å²) in [6.07, 6.45) is 1.71. The van der Waals surface area contributed by atoms with E-state index in [-0.39, 0.29) is 18.7 Å². The molecule has 3 rings (SSSR count). The van der Waals surface area contributed by atoms with Crippen LogP contribution in [0.15, 0.2) is 60.7 Å². The molecular formula is C23H25NO4. The van der Waals surface area contributed by atoms with E-state index in [0.717, 1.165) is 22.8 Å². The van der Waals surface area contributed by atoms with Gasteiger partial charge in [-0.3, -0.25) is 0 Å². The van der Waals surface area contributed by atoms with Gasteiger partial charge < -0.3 is 18.8 Å². The Labute approximate surface area is 164 Å². The molecule has 1 heterocycles. The van der Waals surface area contributed by atoms with E-state index in [9.17, 15) is 9.59 Å². The predicted octanol–water partition coefficient (Wildman–Crippen LogP) is 4.38. The minimum atomic E-state index is -0.358. The van der Waals surface area contributed by atoms with Gasteiger partial charge in [0.1, 0.15) is 18.6 Å². The second-order valence-electron chi connectivity index (χ2n) is 6.57. The van der Waals surface area contributed by atoms with Gasteiger partial charge in [0, 0.05) is 30.5 Å². The highest BCUT2D eigenvalue weighted by Crippen LogP contribution is 2.22. The summed E-state index contributed by atoms with van der Waals surface area (Å²) in [5, 5.41) is 0.984. The minimum absolute atomic E-state index is 0.156. The van der Waals surface area contributed by atoms with E-state index in [1.165, 1.54) is 0 Å². The largest absolute Gasteiger partial charge is 0.456 e. The van der Waals surface area contributed by atoms with Gasteiger partial charge in [-0.1, -0.05) is 48.5 Å². The van der Waals surface area contributed by atoms with Gasteiger partial charge in [-0.25, -0.2) is 4.79 Å². The van der Waals surface area contributed by atoms with E-state index in [2.05, 4.69) is 0 Å². The fraction of sp³-hybridized carbons (Fsp3) is 0.304. The van der Waals surface area contributed by atoms with E-state index < -0.39 is 0 Å². The van der Waals surface area contributed by atoms with Gasteiger partial charge in [-0.05, 0) is 31.0 Å². The number of benzene rings is 2. The van der Waals surface area contributed by atoms with Gasteiger partial charge in [0.25, 0.3) is 0 Å². The van der Waals surface area contributed by atoms with Crippen LogP contribution in [-0.2, 0) is 27.4 Å². The van der Waals surface area contributed by atoms with Gasteiger partial charge in [-0.15, -0.1) is 0 Å². The Morgan fingerprint density at radius 1 is 1.11 bits per heavy atom. The predicted molar refractivity (Wildman–Crippen MR) is 108 cm³/mol. The van der Waals surface area contributed by atoms with Crippen LogP contribution in [0, 0.1) is 0 Å². The molecule has 146 valence electrons. The zero-order valence-corrected chi connectivity index (χ0v) is 16.0. The number of para-hydroxylation sites is 1. The van der Waals surface area contributed by atoms with Gasteiger partial charge >= 0.3 is 5.97 Å². The van der Waals surface area contributed by atoms with Crippen molar-refractivity contribution in [1.82, 2.24) is 4.57 Å². The average Bonchev–Trinajstić information content (AvgIpc) is 3.10. The Kier molecular flexibility index (Phi) is 6.98. The van der Waals surface area contributed by atoms with Crippen LogP contribution in [-0.4, -0.2) is 29.5 Å². The number of aryl methyl sites for hydroxylation is 1. The lowest BCUT2D eigenvalue weighted by Crippen LogP contribution is -2.19. The van der Waals surface area contributed by atoms with Crippen molar-refractivity contribution in [1.29, 1.82) is 0 Å². The van der Waals surface area contributed by atoms with Crippen molar-refractivity contribution in [3.05, 3.63) is 71.9 Å². The lowest BCUT2D eigenvalue weighted by Gasteiger charge is -2.16. The SMILES string of the molecule is CCOC(CC=O)CCn1c(C(=O)OCc2ccccc2)cc2ccccc21. The second kappa shape index (κ2) is 9.85. The normalized spacial score (nSPS) is 12.0. The third kappa shape index (κ3) is 4.87. The van der Waals surface area contributed by atoms with Crippen molar-refractivity contribution in [2.24, 2.45) is 0 Å². The molecule has 0 spiro atoms. The molecular weight excluding hydrogens is 354 g/mol. The number of hydrogen-bond donors (Lipinski definition) is 0. The second-order valence-corrected chi connectivity index (χ2v) is 6.57.